The van der Waals surface area contributed by atoms with Gasteiger partial charge < -0.3 is 11.1 Å². The van der Waals surface area contributed by atoms with Gasteiger partial charge in [-0.2, -0.15) is 0 Å². The summed E-state index contributed by atoms with van der Waals surface area (Å²) in [5, 5.41) is 3.05. The van der Waals surface area contributed by atoms with Crippen molar-refractivity contribution in [2.45, 2.75) is 39.7 Å². The average Bonchev–Trinajstić information content (AvgIpc) is 2.33. The average molecular weight is 275 g/mol. The normalized spacial score (nSPS) is 19.9. The van der Waals surface area contributed by atoms with Gasteiger partial charge in [0.15, 0.2) is 0 Å². The Bertz CT molecular complexity index is 475. The fourth-order valence-electron chi connectivity index (χ4n) is 2.99. The fraction of sp³-hybridized carbons (Fsp3) is 0.562. The number of hydrogen-bond acceptors (Lipinski definition) is 3. The summed E-state index contributed by atoms with van der Waals surface area (Å²) in [5.41, 5.74) is 10.3. The van der Waals surface area contributed by atoms with Gasteiger partial charge in [-0.15, -0.1) is 0 Å². The standard InChI is InChI=1S/C16H25N3O/c1-11-7-12(2)16(13(3)8-11)18-15(20)10-19-6-4-5-14(17)9-19/h7-8,14H,4-6,9-10,17H2,1-3H3,(H,18,20)/t14-/m1/s1. The van der Waals surface area contributed by atoms with E-state index in [2.05, 4.69) is 29.3 Å². The van der Waals surface area contributed by atoms with E-state index in [9.17, 15) is 4.79 Å². The summed E-state index contributed by atoms with van der Waals surface area (Å²) < 4.78 is 0. The second-order valence-electron chi connectivity index (χ2n) is 5.96. The van der Waals surface area contributed by atoms with E-state index in [1.807, 2.05) is 13.8 Å². The molecule has 3 N–H and O–H groups in total. The zero-order valence-corrected chi connectivity index (χ0v) is 12.7. The zero-order chi connectivity index (χ0) is 14.7. The Balaban J connectivity index is 1.98. The van der Waals surface area contributed by atoms with Gasteiger partial charge in [-0.1, -0.05) is 17.7 Å². The van der Waals surface area contributed by atoms with Gasteiger partial charge >= 0.3 is 0 Å². The predicted molar refractivity (Wildman–Crippen MR) is 82.9 cm³/mol. The van der Waals surface area contributed by atoms with Gasteiger partial charge in [0, 0.05) is 18.3 Å². The number of nitrogens with two attached hydrogens (primary N) is 1. The molecule has 1 saturated heterocycles. The number of carbonyl (C=O) groups is 1. The highest BCUT2D eigenvalue weighted by atomic mass is 16.2. The third-order valence-corrected chi connectivity index (χ3v) is 3.85. The summed E-state index contributed by atoms with van der Waals surface area (Å²) in [6.45, 7) is 8.35. The van der Waals surface area contributed by atoms with E-state index in [0.717, 1.165) is 42.7 Å². The van der Waals surface area contributed by atoms with Gasteiger partial charge in [-0.25, -0.2) is 0 Å². The van der Waals surface area contributed by atoms with Crippen molar-refractivity contribution in [1.29, 1.82) is 0 Å². The first-order valence-electron chi connectivity index (χ1n) is 7.31. The van der Waals surface area contributed by atoms with Crippen LogP contribution in [-0.2, 0) is 4.79 Å². The Kier molecular flexibility index (Phi) is 4.78. The largest absolute Gasteiger partial charge is 0.327 e. The Morgan fingerprint density at radius 1 is 1.35 bits per heavy atom. The maximum atomic E-state index is 12.2. The molecule has 1 atom stereocenters. The first kappa shape index (κ1) is 15.0. The Morgan fingerprint density at radius 3 is 2.60 bits per heavy atom. The molecule has 1 aliphatic heterocycles. The van der Waals surface area contributed by atoms with E-state index in [-0.39, 0.29) is 11.9 Å². The molecular weight excluding hydrogens is 250 g/mol. The molecule has 0 aliphatic carbocycles. The molecule has 2 rings (SSSR count). The summed E-state index contributed by atoms with van der Waals surface area (Å²) >= 11 is 0. The number of hydrogen-bond donors (Lipinski definition) is 2. The monoisotopic (exact) mass is 275 g/mol. The van der Waals surface area contributed by atoms with E-state index < -0.39 is 0 Å². The van der Waals surface area contributed by atoms with Crippen LogP contribution in [0.15, 0.2) is 12.1 Å². The van der Waals surface area contributed by atoms with Crippen molar-refractivity contribution in [2.75, 3.05) is 25.0 Å². The minimum atomic E-state index is 0.0501. The number of nitrogens with zero attached hydrogens (tertiary/aromatic N) is 1. The summed E-state index contributed by atoms with van der Waals surface area (Å²) in [6, 6.07) is 4.40. The molecule has 0 unspecified atom stereocenters. The molecule has 0 spiro atoms. The minimum absolute atomic E-state index is 0.0501. The molecule has 0 aromatic heterocycles. The number of carbonyl (C=O) groups excluding carboxylic acids is 1. The highest BCUT2D eigenvalue weighted by Gasteiger charge is 2.19. The summed E-state index contributed by atoms with van der Waals surface area (Å²) in [5.74, 6) is 0.0501. The number of amides is 1. The highest BCUT2D eigenvalue weighted by molar-refractivity contribution is 5.93. The third kappa shape index (κ3) is 3.81. The van der Waals surface area contributed by atoms with Crippen LogP contribution in [0.25, 0.3) is 0 Å². The van der Waals surface area contributed by atoms with E-state index in [0.29, 0.717) is 6.54 Å². The first-order valence-corrected chi connectivity index (χ1v) is 7.31. The van der Waals surface area contributed by atoms with Crippen molar-refractivity contribution < 1.29 is 4.79 Å². The van der Waals surface area contributed by atoms with Crippen LogP contribution < -0.4 is 11.1 Å². The molecule has 4 heteroatoms. The minimum Gasteiger partial charge on any atom is -0.327 e. The van der Waals surface area contributed by atoms with Gasteiger partial charge in [-0.3, -0.25) is 9.69 Å². The second-order valence-corrected chi connectivity index (χ2v) is 5.96. The maximum Gasteiger partial charge on any atom is 0.238 e. The molecule has 4 nitrogen and oxygen atoms in total. The number of anilines is 1. The summed E-state index contributed by atoms with van der Waals surface area (Å²) in [4.78, 5) is 14.3. The van der Waals surface area contributed by atoms with Gasteiger partial charge in [0.05, 0.1) is 6.54 Å². The Morgan fingerprint density at radius 2 is 2.00 bits per heavy atom. The van der Waals surface area contributed by atoms with Crippen molar-refractivity contribution >= 4 is 11.6 Å². The van der Waals surface area contributed by atoms with Crippen LogP contribution in [0.3, 0.4) is 0 Å². The van der Waals surface area contributed by atoms with Crippen LogP contribution in [0, 0.1) is 20.8 Å². The van der Waals surface area contributed by atoms with Crippen LogP contribution in [0.5, 0.6) is 0 Å². The van der Waals surface area contributed by atoms with Gasteiger partial charge in [-0.05, 0) is 51.3 Å². The molecule has 1 heterocycles. The topological polar surface area (TPSA) is 58.4 Å². The molecule has 0 bridgehead atoms. The number of benzene rings is 1. The zero-order valence-electron chi connectivity index (χ0n) is 12.7. The van der Waals surface area contributed by atoms with E-state index in [1.165, 1.54) is 5.56 Å². The number of likely N-dealkylation sites (tertiary alicyclic amines) is 1. The van der Waals surface area contributed by atoms with E-state index in [4.69, 9.17) is 5.73 Å². The SMILES string of the molecule is Cc1cc(C)c(NC(=O)CN2CCC[C@@H](N)C2)c(C)c1. The maximum absolute atomic E-state index is 12.2. The predicted octanol–water partition coefficient (Wildman–Crippen LogP) is 1.97. The molecule has 1 fully saturated rings. The quantitative estimate of drug-likeness (QED) is 0.886. The van der Waals surface area contributed by atoms with Crippen molar-refractivity contribution in [3.05, 3.63) is 28.8 Å². The molecule has 0 saturated carbocycles. The van der Waals surface area contributed by atoms with E-state index in [1.54, 1.807) is 0 Å². The molecule has 110 valence electrons. The molecule has 1 aromatic carbocycles. The summed E-state index contributed by atoms with van der Waals surface area (Å²) in [6.07, 6.45) is 2.14. The molecule has 1 amide bonds. The number of nitrogens with one attached hydrogen (secondary N) is 1. The third-order valence-electron chi connectivity index (χ3n) is 3.85. The Hall–Kier alpha value is -1.39. The lowest BCUT2D eigenvalue weighted by Crippen LogP contribution is -2.45. The molecule has 20 heavy (non-hydrogen) atoms. The van der Waals surface area contributed by atoms with Gasteiger partial charge in [0.2, 0.25) is 5.91 Å². The van der Waals surface area contributed by atoms with Crippen LogP contribution in [-0.4, -0.2) is 36.5 Å². The van der Waals surface area contributed by atoms with Gasteiger partial charge in [0.25, 0.3) is 0 Å². The molecule has 1 aliphatic rings. The van der Waals surface area contributed by atoms with E-state index >= 15 is 0 Å². The lowest BCUT2D eigenvalue weighted by atomic mass is 10.0. The molecule has 0 radical (unpaired) electrons. The second kappa shape index (κ2) is 6.37. The smallest absolute Gasteiger partial charge is 0.238 e. The summed E-state index contributed by atoms with van der Waals surface area (Å²) in [7, 11) is 0. The molecular formula is C16H25N3O. The highest BCUT2D eigenvalue weighted by Crippen LogP contribution is 2.22. The van der Waals surface area contributed by atoms with Crippen molar-refractivity contribution in [3.63, 3.8) is 0 Å². The van der Waals surface area contributed by atoms with Crippen LogP contribution in [0.1, 0.15) is 29.5 Å². The molecule has 1 aromatic rings. The van der Waals surface area contributed by atoms with Crippen LogP contribution in [0.2, 0.25) is 0 Å². The Labute approximate surface area is 121 Å². The van der Waals surface area contributed by atoms with Crippen LogP contribution >= 0.6 is 0 Å². The number of aryl methyl sites for hydroxylation is 3. The number of piperidine rings is 1. The fourth-order valence-corrected chi connectivity index (χ4v) is 2.99. The van der Waals surface area contributed by atoms with Crippen molar-refractivity contribution in [2.24, 2.45) is 5.73 Å². The van der Waals surface area contributed by atoms with Crippen molar-refractivity contribution in [3.8, 4) is 0 Å². The van der Waals surface area contributed by atoms with Gasteiger partial charge in [0.1, 0.15) is 0 Å². The lowest BCUT2D eigenvalue weighted by Gasteiger charge is -2.30. The lowest BCUT2D eigenvalue weighted by molar-refractivity contribution is -0.117. The van der Waals surface area contributed by atoms with Crippen molar-refractivity contribution in [1.82, 2.24) is 4.90 Å². The van der Waals surface area contributed by atoms with Crippen LogP contribution in [0.4, 0.5) is 5.69 Å². The number of rotatable bonds is 3. The first-order chi connectivity index (χ1) is 9.45.